The highest BCUT2D eigenvalue weighted by molar-refractivity contribution is 7.92. The van der Waals surface area contributed by atoms with E-state index in [1.54, 1.807) is 32.0 Å². The molecule has 3 N–H and O–H groups in total. The number of carbonyl (C=O) groups excluding carboxylic acids is 1. The molecule has 1 amide bonds. The van der Waals surface area contributed by atoms with Gasteiger partial charge in [-0.05, 0) is 55.7 Å². The predicted molar refractivity (Wildman–Crippen MR) is 102 cm³/mol. The van der Waals surface area contributed by atoms with Gasteiger partial charge in [-0.15, -0.1) is 0 Å². The molecule has 0 aliphatic carbocycles. The molecule has 0 aliphatic heterocycles. The fourth-order valence-electron chi connectivity index (χ4n) is 2.51. The van der Waals surface area contributed by atoms with Crippen LogP contribution in [-0.2, 0) is 14.8 Å². The molecule has 0 aliphatic rings. The molecule has 0 bridgehead atoms. The van der Waals surface area contributed by atoms with Crippen molar-refractivity contribution >= 4 is 27.6 Å². The zero-order valence-corrected chi connectivity index (χ0v) is 16.1. The topological polar surface area (TPSA) is 113 Å². The Bertz CT molecular complexity index is 970. The van der Waals surface area contributed by atoms with Crippen LogP contribution < -0.4 is 10.0 Å². The highest BCUT2D eigenvalue weighted by atomic mass is 32.2. The average Bonchev–Trinajstić information content (AvgIpc) is 2.59. The molecular formula is C19H22N2O5S. The molecule has 144 valence electrons. The molecule has 2 rings (SSSR count). The smallest absolute Gasteiger partial charge is 0.326 e. The van der Waals surface area contributed by atoms with Gasteiger partial charge in [-0.25, -0.2) is 13.2 Å². The van der Waals surface area contributed by atoms with E-state index in [4.69, 9.17) is 5.11 Å². The summed E-state index contributed by atoms with van der Waals surface area (Å²) >= 11 is 0. The van der Waals surface area contributed by atoms with Crippen molar-refractivity contribution in [2.24, 2.45) is 0 Å². The normalized spacial score (nSPS) is 12.3. The minimum absolute atomic E-state index is 0.0804. The number of hydrogen-bond acceptors (Lipinski definition) is 4. The molecule has 0 radical (unpaired) electrons. The lowest BCUT2D eigenvalue weighted by Gasteiger charge is -2.15. The second-order valence-electron chi connectivity index (χ2n) is 6.22. The summed E-state index contributed by atoms with van der Waals surface area (Å²) in [5.74, 6) is -1.78. The van der Waals surface area contributed by atoms with Crippen LogP contribution in [0.4, 0.5) is 5.69 Å². The van der Waals surface area contributed by atoms with Gasteiger partial charge < -0.3 is 10.4 Å². The van der Waals surface area contributed by atoms with Crippen molar-refractivity contribution in [1.29, 1.82) is 0 Å². The van der Waals surface area contributed by atoms with Gasteiger partial charge in [-0.1, -0.05) is 25.1 Å². The Morgan fingerprint density at radius 3 is 2.41 bits per heavy atom. The first-order valence-corrected chi connectivity index (χ1v) is 9.86. The Kier molecular flexibility index (Phi) is 6.22. The summed E-state index contributed by atoms with van der Waals surface area (Å²) in [7, 11) is -3.90. The summed E-state index contributed by atoms with van der Waals surface area (Å²) in [6.07, 6.45) is 0.215. The maximum absolute atomic E-state index is 12.6. The zero-order chi connectivity index (χ0) is 20.2. The van der Waals surface area contributed by atoms with Crippen molar-refractivity contribution < 1.29 is 23.1 Å². The quantitative estimate of drug-likeness (QED) is 0.673. The number of hydrogen-bond donors (Lipinski definition) is 3. The van der Waals surface area contributed by atoms with E-state index in [1.165, 1.54) is 18.2 Å². The molecule has 0 saturated heterocycles. The number of rotatable bonds is 7. The summed E-state index contributed by atoms with van der Waals surface area (Å²) in [5.41, 5.74) is 1.97. The first-order chi connectivity index (χ1) is 12.6. The summed E-state index contributed by atoms with van der Waals surface area (Å²) in [6.45, 7) is 5.14. The Labute approximate surface area is 158 Å². The third kappa shape index (κ3) is 5.07. The minimum atomic E-state index is -3.90. The standard InChI is InChI=1S/C19H22N2O5S/c1-4-17(19(23)24)20-18(22)16-11-15(9-8-13(16)3)27(25,26)21-14-7-5-6-12(2)10-14/h5-11,17,21H,4H2,1-3H3,(H,20,22)(H,23,24). The van der Waals surface area contributed by atoms with Crippen molar-refractivity contribution in [3.63, 3.8) is 0 Å². The van der Waals surface area contributed by atoms with Crippen LogP contribution in [-0.4, -0.2) is 31.4 Å². The number of sulfonamides is 1. The Balaban J connectivity index is 2.32. The van der Waals surface area contributed by atoms with Gasteiger partial charge in [0, 0.05) is 11.3 Å². The fourth-order valence-corrected chi connectivity index (χ4v) is 3.59. The van der Waals surface area contributed by atoms with E-state index in [0.717, 1.165) is 5.56 Å². The van der Waals surface area contributed by atoms with Crippen molar-refractivity contribution in [2.45, 2.75) is 38.1 Å². The van der Waals surface area contributed by atoms with Gasteiger partial charge in [0.1, 0.15) is 6.04 Å². The Morgan fingerprint density at radius 2 is 1.81 bits per heavy atom. The van der Waals surface area contributed by atoms with Crippen LogP contribution in [0.25, 0.3) is 0 Å². The summed E-state index contributed by atoms with van der Waals surface area (Å²) in [4.78, 5) is 23.5. The van der Waals surface area contributed by atoms with Crippen LogP contribution in [0.15, 0.2) is 47.4 Å². The van der Waals surface area contributed by atoms with Crippen molar-refractivity contribution in [3.05, 3.63) is 59.2 Å². The number of amides is 1. The van der Waals surface area contributed by atoms with Crippen LogP contribution in [0.5, 0.6) is 0 Å². The molecule has 7 nitrogen and oxygen atoms in total. The number of aliphatic carboxylic acids is 1. The van der Waals surface area contributed by atoms with Gasteiger partial charge >= 0.3 is 5.97 Å². The molecule has 2 aromatic rings. The number of carbonyl (C=O) groups is 2. The number of carboxylic acids is 1. The maximum Gasteiger partial charge on any atom is 0.326 e. The molecule has 1 unspecified atom stereocenters. The number of benzene rings is 2. The lowest BCUT2D eigenvalue weighted by atomic mass is 10.1. The van der Waals surface area contributed by atoms with Crippen LogP contribution in [0.3, 0.4) is 0 Å². The minimum Gasteiger partial charge on any atom is -0.480 e. The number of aryl methyl sites for hydroxylation is 2. The predicted octanol–water partition coefficient (Wildman–Crippen LogP) is 2.70. The molecular weight excluding hydrogens is 368 g/mol. The number of nitrogens with one attached hydrogen (secondary N) is 2. The van der Waals surface area contributed by atoms with Crippen molar-refractivity contribution in [2.75, 3.05) is 4.72 Å². The second-order valence-corrected chi connectivity index (χ2v) is 7.91. The molecule has 0 aromatic heterocycles. The number of anilines is 1. The van der Waals surface area contributed by atoms with Gasteiger partial charge in [0.15, 0.2) is 0 Å². The van der Waals surface area contributed by atoms with Crippen molar-refractivity contribution in [1.82, 2.24) is 5.32 Å². The summed E-state index contributed by atoms with van der Waals surface area (Å²) < 4.78 is 27.8. The molecule has 27 heavy (non-hydrogen) atoms. The Morgan fingerprint density at radius 1 is 1.11 bits per heavy atom. The fraction of sp³-hybridized carbons (Fsp3) is 0.263. The van der Waals surface area contributed by atoms with E-state index in [1.807, 2.05) is 13.0 Å². The van der Waals surface area contributed by atoms with E-state index in [0.29, 0.717) is 11.3 Å². The molecule has 1 atom stereocenters. The third-order valence-electron chi connectivity index (χ3n) is 4.05. The zero-order valence-electron chi connectivity index (χ0n) is 15.3. The first kappa shape index (κ1) is 20.4. The van der Waals surface area contributed by atoms with Crippen LogP contribution in [0.1, 0.15) is 34.8 Å². The van der Waals surface area contributed by atoms with Gasteiger partial charge in [-0.3, -0.25) is 9.52 Å². The van der Waals surface area contributed by atoms with Crippen molar-refractivity contribution in [3.8, 4) is 0 Å². The van der Waals surface area contributed by atoms with E-state index in [-0.39, 0.29) is 16.9 Å². The number of carboxylic acid groups (broad SMARTS) is 1. The largest absolute Gasteiger partial charge is 0.480 e. The van der Waals surface area contributed by atoms with Gasteiger partial charge in [0.2, 0.25) is 0 Å². The Hall–Kier alpha value is -2.87. The van der Waals surface area contributed by atoms with Gasteiger partial charge in [-0.2, -0.15) is 0 Å². The summed E-state index contributed by atoms with van der Waals surface area (Å²) in [6, 6.07) is 10.0. The van der Waals surface area contributed by atoms with Gasteiger partial charge in [0.05, 0.1) is 4.90 Å². The van der Waals surface area contributed by atoms with Gasteiger partial charge in [0.25, 0.3) is 15.9 Å². The third-order valence-corrected chi connectivity index (χ3v) is 5.42. The van der Waals surface area contributed by atoms with E-state index < -0.39 is 27.9 Å². The molecule has 0 heterocycles. The lowest BCUT2D eigenvalue weighted by Crippen LogP contribution is -2.40. The molecule has 2 aromatic carbocycles. The summed E-state index contributed by atoms with van der Waals surface area (Å²) in [5, 5.41) is 11.5. The highest BCUT2D eigenvalue weighted by Crippen LogP contribution is 2.20. The molecule has 0 fully saturated rings. The van der Waals surface area contributed by atoms with Crippen LogP contribution in [0.2, 0.25) is 0 Å². The van der Waals surface area contributed by atoms with E-state index >= 15 is 0 Å². The first-order valence-electron chi connectivity index (χ1n) is 8.38. The highest BCUT2D eigenvalue weighted by Gasteiger charge is 2.22. The SMILES string of the molecule is CCC(NC(=O)c1cc(S(=O)(=O)Nc2cccc(C)c2)ccc1C)C(=O)O. The average molecular weight is 390 g/mol. The molecule has 8 heteroatoms. The van der Waals surface area contributed by atoms with Crippen LogP contribution in [0, 0.1) is 13.8 Å². The molecule has 0 spiro atoms. The van der Waals surface area contributed by atoms with E-state index in [2.05, 4.69) is 10.0 Å². The van der Waals surface area contributed by atoms with E-state index in [9.17, 15) is 18.0 Å². The van der Waals surface area contributed by atoms with Crippen LogP contribution >= 0.6 is 0 Å². The lowest BCUT2D eigenvalue weighted by molar-refractivity contribution is -0.139. The monoisotopic (exact) mass is 390 g/mol. The second kappa shape index (κ2) is 8.22. The maximum atomic E-state index is 12.6. The molecule has 0 saturated carbocycles.